The number of carbonyl (C=O) groups is 2. The zero-order chi connectivity index (χ0) is 15.4. The van der Waals surface area contributed by atoms with E-state index in [0.29, 0.717) is 19.7 Å². The molecule has 120 valence electrons. The van der Waals surface area contributed by atoms with Crippen molar-refractivity contribution < 1.29 is 14.3 Å². The summed E-state index contributed by atoms with van der Waals surface area (Å²) in [5.74, 6) is -0.00963. The maximum absolute atomic E-state index is 12.9. The molecule has 0 spiro atoms. The van der Waals surface area contributed by atoms with Crippen LogP contribution in [0.25, 0.3) is 0 Å². The van der Waals surface area contributed by atoms with Crippen LogP contribution >= 0.6 is 0 Å². The van der Waals surface area contributed by atoms with Gasteiger partial charge in [-0.3, -0.25) is 9.59 Å². The Morgan fingerprint density at radius 1 is 1.38 bits per heavy atom. The van der Waals surface area contributed by atoms with Gasteiger partial charge in [0.25, 0.3) is 0 Å². The molecule has 2 rings (SSSR count). The molecule has 1 heterocycles. The Labute approximate surface area is 126 Å². The topological polar surface area (TPSA) is 84.7 Å². The first-order valence-corrected chi connectivity index (χ1v) is 7.97. The fourth-order valence-electron chi connectivity index (χ4n) is 3.45. The van der Waals surface area contributed by atoms with Crippen LogP contribution in [0.4, 0.5) is 0 Å². The Balaban J connectivity index is 2.12. The quantitative estimate of drug-likeness (QED) is 0.774. The maximum atomic E-state index is 12.9. The van der Waals surface area contributed by atoms with Crippen molar-refractivity contribution in [2.24, 2.45) is 17.6 Å². The summed E-state index contributed by atoms with van der Waals surface area (Å²) in [5, 5.41) is 2.78. The minimum Gasteiger partial charge on any atom is -0.377 e. The van der Waals surface area contributed by atoms with E-state index in [4.69, 9.17) is 10.5 Å². The van der Waals surface area contributed by atoms with Crippen molar-refractivity contribution in [3.63, 3.8) is 0 Å². The molecule has 0 aromatic rings. The first-order valence-electron chi connectivity index (χ1n) is 7.97. The number of hydrogen-bond donors (Lipinski definition) is 2. The summed E-state index contributed by atoms with van der Waals surface area (Å²) in [6, 6.07) is -0.619. The number of amides is 2. The van der Waals surface area contributed by atoms with Gasteiger partial charge < -0.3 is 20.7 Å². The highest BCUT2D eigenvalue weighted by molar-refractivity contribution is 5.89. The van der Waals surface area contributed by atoms with Crippen molar-refractivity contribution in [1.29, 1.82) is 0 Å². The minimum absolute atomic E-state index is 0.0225. The van der Waals surface area contributed by atoms with Crippen molar-refractivity contribution in [3.05, 3.63) is 0 Å². The molecule has 4 unspecified atom stereocenters. The lowest BCUT2D eigenvalue weighted by Gasteiger charge is -2.41. The van der Waals surface area contributed by atoms with Crippen molar-refractivity contribution in [2.45, 2.75) is 45.2 Å². The molecule has 4 atom stereocenters. The fraction of sp³-hybridized carbons (Fsp3) is 0.867. The number of ether oxygens (including phenoxy) is 1. The minimum atomic E-state index is -0.521. The summed E-state index contributed by atoms with van der Waals surface area (Å²) in [5.41, 5.74) is 6.18. The van der Waals surface area contributed by atoms with Gasteiger partial charge in [0.05, 0.1) is 19.1 Å². The van der Waals surface area contributed by atoms with Crippen molar-refractivity contribution >= 4 is 11.8 Å². The standard InChI is InChI=1S/C15H27N3O3/c1-3-17-14(19)12-9-21-8-7-18(12)15(20)13-10(2)5-4-6-11(13)16/h10-13H,3-9,16H2,1-2H3,(H,17,19). The molecular weight excluding hydrogens is 270 g/mol. The van der Waals surface area contributed by atoms with Crippen molar-refractivity contribution in [2.75, 3.05) is 26.3 Å². The average Bonchev–Trinajstić information content (AvgIpc) is 2.47. The summed E-state index contributed by atoms with van der Waals surface area (Å²) in [6.07, 6.45) is 2.99. The summed E-state index contributed by atoms with van der Waals surface area (Å²) >= 11 is 0. The number of likely N-dealkylation sites (N-methyl/N-ethyl adjacent to an activating group) is 1. The Morgan fingerprint density at radius 2 is 2.14 bits per heavy atom. The molecule has 0 aromatic heterocycles. The molecule has 2 aliphatic rings. The summed E-state index contributed by atoms with van der Waals surface area (Å²) < 4.78 is 5.39. The van der Waals surface area contributed by atoms with Gasteiger partial charge in [-0.25, -0.2) is 0 Å². The molecule has 2 fully saturated rings. The first kappa shape index (κ1) is 16.2. The van der Waals surface area contributed by atoms with Gasteiger partial charge in [0.1, 0.15) is 6.04 Å². The third-order valence-corrected chi connectivity index (χ3v) is 4.62. The van der Waals surface area contributed by atoms with Crippen LogP contribution in [0.1, 0.15) is 33.1 Å². The number of nitrogens with two attached hydrogens (primary N) is 1. The summed E-state index contributed by atoms with van der Waals surface area (Å²) in [7, 11) is 0. The molecule has 1 saturated carbocycles. The molecule has 1 aliphatic heterocycles. The number of nitrogens with zero attached hydrogens (tertiary/aromatic N) is 1. The fourth-order valence-corrected chi connectivity index (χ4v) is 3.45. The molecule has 2 amide bonds. The van der Waals surface area contributed by atoms with E-state index in [1.807, 2.05) is 6.92 Å². The van der Waals surface area contributed by atoms with E-state index in [-0.39, 0.29) is 36.3 Å². The lowest BCUT2D eigenvalue weighted by atomic mass is 9.76. The average molecular weight is 297 g/mol. The third kappa shape index (κ3) is 3.55. The van der Waals surface area contributed by atoms with Crippen LogP contribution in [0.3, 0.4) is 0 Å². The van der Waals surface area contributed by atoms with Crippen molar-refractivity contribution in [3.8, 4) is 0 Å². The van der Waals surface area contributed by atoms with E-state index in [1.165, 1.54) is 0 Å². The number of nitrogens with one attached hydrogen (secondary N) is 1. The highest BCUT2D eigenvalue weighted by Gasteiger charge is 2.41. The molecule has 6 heteroatoms. The van der Waals surface area contributed by atoms with Gasteiger partial charge >= 0.3 is 0 Å². The van der Waals surface area contributed by atoms with Gasteiger partial charge in [-0.05, 0) is 25.7 Å². The summed E-state index contributed by atoms with van der Waals surface area (Å²) in [6.45, 7) is 5.73. The van der Waals surface area contributed by atoms with Crippen LogP contribution in [0, 0.1) is 11.8 Å². The van der Waals surface area contributed by atoms with E-state index < -0.39 is 6.04 Å². The predicted molar refractivity (Wildman–Crippen MR) is 79.5 cm³/mol. The lowest BCUT2D eigenvalue weighted by Crippen LogP contribution is -2.59. The highest BCUT2D eigenvalue weighted by Crippen LogP contribution is 2.31. The Kier molecular flexibility index (Phi) is 5.58. The van der Waals surface area contributed by atoms with Crippen LogP contribution in [0.2, 0.25) is 0 Å². The predicted octanol–water partition coefficient (Wildman–Crippen LogP) is 0.113. The van der Waals surface area contributed by atoms with Gasteiger partial charge in [-0.1, -0.05) is 13.3 Å². The molecule has 0 radical (unpaired) electrons. The molecular formula is C15H27N3O3. The highest BCUT2D eigenvalue weighted by atomic mass is 16.5. The van der Waals surface area contributed by atoms with Crippen LogP contribution in [-0.4, -0.2) is 55.1 Å². The maximum Gasteiger partial charge on any atom is 0.245 e. The zero-order valence-corrected chi connectivity index (χ0v) is 13.0. The molecule has 0 bridgehead atoms. The Morgan fingerprint density at radius 3 is 2.81 bits per heavy atom. The monoisotopic (exact) mass is 297 g/mol. The molecule has 6 nitrogen and oxygen atoms in total. The number of rotatable bonds is 3. The number of carbonyl (C=O) groups excluding carboxylic acids is 2. The molecule has 1 aliphatic carbocycles. The first-order chi connectivity index (χ1) is 10.1. The van der Waals surface area contributed by atoms with Gasteiger partial charge in [-0.15, -0.1) is 0 Å². The van der Waals surface area contributed by atoms with E-state index in [2.05, 4.69) is 12.2 Å². The van der Waals surface area contributed by atoms with E-state index in [1.54, 1.807) is 4.90 Å². The van der Waals surface area contributed by atoms with Gasteiger partial charge in [0, 0.05) is 19.1 Å². The second kappa shape index (κ2) is 7.22. The molecule has 3 N–H and O–H groups in total. The van der Waals surface area contributed by atoms with Crippen LogP contribution in [0.5, 0.6) is 0 Å². The third-order valence-electron chi connectivity index (χ3n) is 4.62. The van der Waals surface area contributed by atoms with Crippen LogP contribution < -0.4 is 11.1 Å². The number of hydrogen-bond acceptors (Lipinski definition) is 4. The van der Waals surface area contributed by atoms with Gasteiger partial charge in [0.15, 0.2) is 0 Å². The molecule has 21 heavy (non-hydrogen) atoms. The SMILES string of the molecule is CCNC(=O)C1COCCN1C(=O)C1C(C)CCCC1N. The van der Waals surface area contributed by atoms with Crippen LogP contribution in [-0.2, 0) is 14.3 Å². The number of morpholine rings is 1. The van der Waals surface area contributed by atoms with Gasteiger partial charge in [-0.2, -0.15) is 0 Å². The normalized spacial score (nSPS) is 33.6. The van der Waals surface area contributed by atoms with Gasteiger partial charge in [0.2, 0.25) is 11.8 Å². The second-order valence-electron chi connectivity index (χ2n) is 6.11. The Hall–Kier alpha value is -1.14. The molecule has 0 aromatic carbocycles. The summed E-state index contributed by atoms with van der Waals surface area (Å²) in [4.78, 5) is 26.7. The van der Waals surface area contributed by atoms with E-state index in [0.717, 1.165) is 19.3 Å². The van der Waals surface area contributed by atoms with E-state index in [9.17, 15) is 9.59 Å². The Bertz CT molecular complexity index is 378. The second-order valence-corrected chi connectivity index (χ2v) is 6.11. The zero-order valence-electron chi connectivity index (χ0n) is 13.0. The smallest absolute Gasteiger partial charge is 0.245 e. The van der Waals surface area contributed by atoms with E-state index >= 15 is 0 Å². The molecule has 1 saturated heterocycles. The largest absolute Gasteiger partial charge is 0.377 e. The van der Waals surface area contributed by atoms with Crippen molar-refractivity contribution in [1.82, 2.24) is 10.2 Å². The lowest BCUT2D eigenvalue weighted by molar-refractivity contribution is -0.154. The van der Waals surface area contributed by atoms with Crippen LogP contribution in [0.15, 0.2) is 0 Å².